The molecule has 0 spiro atoms. The fourth-order valence-electron chi connectivity index (χ4n) is 3.38. The van der Waals surface area contributed by atoms with Gasteiger partial charge in [0.2, 0.25) is 0 Å². The number of ether oxygens (including phenoxy) is 2. The number of nitrogens with zero attached hydrogens (tertiary/aromatic N) is 3. The van der Waals surface area contributed by atoms with E-state index >= 15 is 0 Å². The van der Waals surface area contributed by atoms with Crippen LogP contribution in [0.5, 0.6) is 0 Å². The molecule has 1 heterocycles. The van der Waals surface area contributed by atoms with Crippen molar-refractivity contribution in [1.82, 2.24) is 15.0 Å². The average Bonchev–Trinajstić information content (AvgIpc) is 3.20. The molecule has 0 aromatic carbocycles. The summed E-state index contributed by atoms with van der Waals surface area (Å²) in [7, 11) is 0. The summed E-state index contributed by atoms with van der Waals surface area (Å²) in [5, 5.41) is 8.19. The maximum absolute atomic E-state index is 11.9. The minimum Gasteiger partial charge on any atom is -0.459 e. The van der Waals surface area contributed by atoms with Gasteiger partial charge in [0.05, 0.1) is 12.2 Å². The van der Waals surface area contributed by atoms with Crippen molar-refractivity contribution in [3.8, 4) is 0 Å². The van der Waals surface area contributed by atoms with Crippen LogP contribution in [-0.4, -0.2) is 26.9 Å². The van der Waals surface area contributed by atoms with Gasteiger partial charge in [-0.1, -0.05) is 69.6 Å². The van der Waals surface area contributed by atoms with E-state index in [4.69, 9.17) is 9.47 Å². The lowest BCUT2D eigenvalue weighted by molar-refractivity contribution is -0.145. The molecule has 0 amide bonds. The van der Waals surface area contributed by atoms with Crippen LogP contribution in [-0.2, 0) is 25.7 Å². The molecular formula is C23H35N3O4. The van der Waals surface area contributed by atoms with E-state index in [1.807, 2.05) is 12.2 Å². The van der Waals surface area contributed by atoms with Gasteiger partial charge in [-0.2, -0.15) is 0 Å². The highest BCUT2D eigenvalue weighted by molar-refractivity contribution is 5.69. The van der Waals surface area contributed by atoms with E-state index in [9.17, 15) is 9.59 Å². The zero-order valence-corrected chi connectivity index (χ0v) is 18.3. The second kappa shape index (κ2) is 13.7. The highest BCUT2D eigenvalue weighted by Crippen LogP contribution is 2.21. The van der Waals surface area contributed by atoms with Crippen molar-refractivity contribution in [2.24, 2.45) is 0 Å². The molecule has 2 rings (SSSR count). The smallest absolute Gasteiger partial charge is 0.308 e. The third-order valence-electron chi connectivity index (χ3n) is 5.07. The van der Waals surface area contributed by atoms with Crippen LogP contribution in [0.4, 0.5) is 0 Å². The summed E-state index contributed by atoms with van der Waals surface area (Å²) < 4.78 is 12.1. The Kier molecular flexibility index (Phi) is 10.9. The molecule has 0 radical (unpaired) electrons. The third kappa shape index (κ3) is 9.37. The lowest BCUT2D eigenvalue weighted by atomic mass is 10.1. The van der Waals surface area contributed by atoms with E-state index in [0.717, 1.165) is 12.8 Å². The highest BCUT2D eigenvalue weighted by Gasteiger charge is 2.15. The second-order valence-corrected chi connectivity index (χ2v) is 7.79. The van der Waals surface area contributed by atoms with E-state index < -0.39 is 0 Å². The Bertz CT molecular complexity index is 724. The van der Waals surface area contributed by atoms with Crippen LogP contribution in [0.25, 0.3) is 0 Å². The van der Waals surface area contributed by atoms with Gasteiger partial charge >= 0.3 is 11.9 Å². The molecule has 1 atom stereocenters. The molecule has 7 nitrogen and oxygen atoms in total. The molecular weight excluding hydrogens is 382 g/mol. The van der Waals surface area contributed by atoms with Crippen LogP contribution >= 0.6 is 0 Å². The fraction of sp³-hybridized carbons (Fsp3) is 0.652. The predicted molar refractivity (Wildman–Crippen MR) is 114 cm³/mol. The first-order valence-electron chi connectivity index (χ1n) is 11.2. The van der Waals surface area contributed by atoms with Gasteiger partial charge in [0, 0.05) is 13.3 Å². The van der Waals surface area contributed by atoms with Gasteiger partial charge in [-0.15, -0.1) is 5.10 Å². The van der Waals surface area contributed by atoms with Gasteiger partial charge in [-0.25, -0.2) is 4.68 Å². The second-order valence-electron chi connectivity index (χ2n) is 7.79. The lowest BCUT2D eigenvalue weighted by Crippen LogP contribution is -2.10. The molecule has 1 aliphatic rings. The first-order chi connectivity index (χ1) is 14.6. The average molecular weight is 418 g/mol. The molecule has 0 bridgehead atoms. The number of unbranched alkanes of at least 4 members (excludes halogenated alkanes) is 8. The van der Waals surface area contributed by atoms with E-state index in [1.165, 1.54) is 51.9 Å². The fourth-order valence-corrected chi connectivity index (χ4v) is 3.38. The Balaban J connectivity index is 1.57. The molecule has 166 valence electrons. The number of carbonyl (C=O) groups excluding carboxylic acids is 2. The Morgan fingerprint density at radius 1 is 1.10 bits per heavy atom. The maximum atomic E-state index is 11.9. The van der Waals surface area contributed by atoms with Crippen LogP contribution < -0.4 is 0 Å². The van der Waals surface area contributed by atoms with Crippen molar-refractivity contribution in [2.75, 3.05) is 0 Å². The molecule has 7 heteroatoms. The van der Waals surface area contributed by atoms with E-state index in [2.05, 4.69) is 17.2 Å². The topological polar surface area (TPSA) is 83.3 Å². The van der Waals surface area contributed by atoms with Crippen LogP contribution in [0, 0.1) is 0 Å². The summed E-state index contributed by atoms with van der Waals surface area (Å²) in [6, 6.07) is 0.00299. The largest absolute Gasteiger partial charge is 0.459 e. The van der Waals surface area contributed by atoms with Crippen molar-refractivity contribution in [3.05, 3.63) is 35.9 Å². The predicted octanol–water partition coefficient (Wildman–Crippen LogP) is 5.19. The summed E-state index contributed by atoms with van der Waals surface area (Å²) in [5.41, 5.74) is 0.624. The van der Waals surface area contributed by atoms with Gasteiger partial charge in [0.15, 0.2) is 0 Å². The summed E-state index contributed by atoms with van der Waals surface area (Å²) in [6.07, 6.45) is 19.4. The maximum Gasteiger partial charge on any atom is 0.308 e. The van der Waals surface area contributed by atoms with Crippen LogP contribution in [0.3, 0.4) is 0 Å². The number of hydrogen-bond acceptors (Lipinski definition) is 6. The SMILES string of the molecule is CCCCCCCCCCCC(=O)OCc1cn([C@H]2C=CC(OC(C)=O)=CC2)nn1. The molecule has 1 aliphatic carbocycles. The molecule has 1 aromatic rings. The quantitative estimate of drug-likeness (QED) is 0.306. The molecule has 1 aromatic heterocycles. The minimum atomic E-state index is -0.336. The van der Waals surface area contributed by atoms with Crippen LogP contribution in [0.2, 0.25) is 0 Å². The number of hydrogen-bond donors (Lipinski definition) is 0. The van der Waals surface area contributed by atoms with Crippen LogP contribution in [0.15, 0.2) is 30.2 Å². The van der Waals surface area contributed by atoms with Gasteiger partial charge in [-0.05, 0) is 25.0 Å². The number of esters is 2. The number of rotatable bonds is 14. The zero-order valence-electron chi connectivity index (χ0n) is 18.3. The minimum absolute atomic E-state index is 0.00299. The van der Waals surface area contributed by atoms with Crippen molar-refractivity contribution in [2.45, 2.75) is 97.1 Å². The number of allylic oxidation sites excluding steroid dienone is 3. The number of carbonyl (C=O) groups is 2. The Morgan fingerprint density at radius 2 is 1.80 bits per heavy atom. The molecule has 30 heavy (non-hydrogen) atoms. The zero-order chi connectivity index (χ0) is 21.6. The molecule has 0 aliphatic heterocycles. The van der Waals surface area contributed by atoms with Gasteiger partial charge in [0.1, 0.15) is 18.1 Å². The normalized spacial score (nSPS) is 15.7. The summed E-state index contributed by atoms with van der Waals surface area (Å²) in [5.74, 6) is 0.0279. The standard InChI is InChI=1S/C23H35N3O4/c1-3-4-5-6-7-8-9-10-11-12-23(28)29-18-20-17-26(25-24-20)21-13-15-22(16-14-21)30-19(2)27/h13,15-17,21H,3-12,14,18H2,1-2H3/t21-/m0/s1. The first kappa shape index (κ1) is 23.8. The Morgan fingerprint density at radius 3 is 2.43 bits per heavy atom. The lowest BCUT2D eigenvalue weighted by Gasteiger charge is -2.15. The van der Waals surface area contributed by atoms with E-state index in [1.54, 1.807) is 17.0 Å². The van der Waals surface area contributed by atoms with Crippen molar-refractivity contribution < 1.29 is 19.1 Å². The first-order valence-corrected chi connectivity index (χ1v) is 11.2. The molecule has 0 fully saturated rings. The molecule has 0 N–H and O–H groups in total. The monoisotopic (exact) mass is 417 g/mol. The van der Waals surface area contributed by atoms with Gasteiger partial charge in [0.25, 0.3) is 0 Å². The van der Waals surface area contributed by atoms with Gasteiger partial charge < -0.3 is 9.47 Å². The summed E-state index contributed by atoms with van der Waals surface area (Å²) in [4.78, 5) is 22.9. The van der Waals surface area contributed by atoms with Crippen molar-refractivity contribution in [3.63, 3.8) is 0 Å². The van der Waals surface area contributed by atoms with E-state index in [-0.39, 0.29) is 24.6 Å². The summed E-state index contributed by atoms with van der Waals surface area (Å²) >= 11 is 0. The third-order valence-corrected chi connectivity index (χ3v) is 5.07. The van der Waals surface area contributed by atoms with Crippen molar-refractivity contribution >= 4 is 11.9 Å². The Labute approximate surface area is 179 Å². The number of aromatic nitrogens is 3. The van der Waals surface area contributed by atoms with Crippen LogP contribution in [0.1, 0.15) is 96.2 Å². The molecule has 0 saturated carbocycles. The van der Waals surface area contributed by atoms with E-state index in [0.29, 0.717) is 24.3 Å². The highest BCUT2D eigenvalue weighted by atomic mass is 16.5. The van der Waals surface area contributed by atoms with Crippen molar-refractivity contribution in [1.29, 1.82) is 0 Å². The molecule has 0 saturated heterocycles. The summed E-state index contributed by atoms with van der Waals surface area (Å²) in [6.45, 7) is 3.75. The Hall–Kier alpha value is -2.44. The molecule has 0 unspecified atom stereocenters. The van der Waals surface area contributed by atoms with Gasteiger partial charge in [-0.3, -0.25) is 9.59 Å².